The summed E-state index contributed by atoms with van der Waals surface area (Å²) in [4.78, 5) is 23.8. The molecule has 0 heterocycles. The number of rotatable bonds is 8. The zero-order valence-corrected chi connectivity index (χ0v) is 11.9. The van der Waals surface area contributed by atoms with Crippen LogP contribution in [0.3, 0.4) is 0 Å². The summed E-state index contributed by atoms with van der Waals surface area (Å²) in [6.07, 6.45) is 1.53. The SMILES string of the molecule is C=CC(=C)C(=C)C(C)C(C(=O)OCC)C(=O)OCC. The second kappa shape index (κ2) is 8.29. The monoisotopic (exact) mass is 266 g/mol. The van der Waals surface area contributed by atoms with Crippen LogP contribution in [-0.2, 0) is 19.1 Å². The summed E-state index contributed by atoms with van der Waals surface area (Å²) < 4.78 is 9.84. The number of hydrogen-bond acceptors (Lipinski definition) is 4. The van der Waals surface area contributed by atoms with Crippen LogP contribution in [0.15, 0.2) is 37.0 Å². The molecular weight excluding hydrogens is 244 g/mol. The molecule has 0 spiro atoms. The fourth-order valence-electron chi connectivity index (χ4n) is 1.59. The quantitative estimate of drug-likeness (QED) is 0.385. The Labute approximate surface area is 114 Å². The second-order valence-electron chi connectivity index (χ2n) is 4.03. The first-order valence-corrected chi connectivity index (χ1v) is 6.24. The average Bonchev–Trinajstić information content (AvgIpc) is 2.37. The van der Waals surface area contributed by atoms with Gasteiger partial charge in [-0.1, -0.05) is 32.7 Å². The van der Waals surface area contributed by atoms with Crippen molar-refractivity contribution in [2.75, 3.05) is 13.2 Å². The zero-order valence-electron chi connectivity index (χ0n) is 11.9. The summed E-state index contributed by atoms with van der Waals surface area (Å²) in [6.45, 7) is 16.7. The fourth-order valence-corrected chi connectivity index (χ4v) is 1.59. The Balaban J connectivity index is 5.17. The summed E-state index contributed by atoms with van der Waals surface area (Å²) in [5, 5.41) is 0. The maximum Gasteiger partial charge on any atom is 0.320 e. The Morgan fingerprint density at radius 3 is 1.84 bits per heavy atom. The minimum atomic E-state index is -1.02. The lowest BCUT2D eigenvalue weighted by atomic mass is 9.85. The minimum absolute atomic E-state index is 0.205. The molecule has 0 bridgehead atoms. The summed E-state index contributed by atoms with van der Waals surface area (Å²) in [7, 11) is 0. The van der Waals surface area contributed by atoms with Crippen LogP contribution in [0.1, 0.15) is 20.8 Å². The molecule has 0 saturated carbocycles. The first-order valence-electron chi connectivity index (χ1n) is 6.24. The lowest BCUT2D eigenvalue weighted by Crippen LogP contribution is -2.34. The van der Waals surface area contributed by atoms with Gasteiger partial charge in [-0.05, 0) is 25.0 Å². The van der Waals surface area contributed by atoms with Gasteiger partial charge >= 0.3 is 11.9 Å². The highest BCUT2D eigenvalue weighted by Crippen LogP contribution is 2.27. The van der Waals surface area contributed by atoms with Crippen molar-refractivity contribution in [3.05, 3.63) is 37.0 Å². The molecule has 0 aromatic rings. The van der Waals surface area contributed by atoms with E-state index in [9.17, 15) is 9.59 Å². The van der Waals surface area contributed by atoms with Crippen LogP contribution >= 0.6 is 0 Å². The van der Waals surface area contributed by atoms with Crippen molar-refractivity contribution in [3.8, 4) is 0 Å². The summed E-state index contributed by atoms with van der Waals surface area (Å²) >= 11 is 0. The van der Waals surface area contributed by atoms with Gasteiger partial charge in [0.05, 0.1) is 13.2 Å². The van der Waals surface area contributed by atoms with Gasteiger partial charge in [-0.15, -0.1) is 0 Å². The number of esters is 2. The third-order valence-electron chi connectivity index (χ3n) is 2.79. The van der Waals surface area contributed by atoms with Gasteiger partial charge in [0.25, 0.3) is 0 Å². The molecule has 0 aromatic heterocycles. The number of ether oxygens (including phenoxy) is 2. The highest BCUT2D eigenvalue weighted by Gasteiger charge is 2.36. The lowest BCUT2D eigenvalue weighted by Gasteiger charge is -2.22. The standard InChI is InChI=1S/C15H22O4/c1-7-10(4)11(5)12(6)13(14(16)18-8-2)15(17)19-9-3/h7,12-13H,1,4-5,8-9H2,2-3,6H3. The normalized spacial score (nSPS) is 11.6. The van der Waals surface area contributed by atoms with E-state index in [1.54, 1.807) is 20.8 Å². The van der Waals surface area contributed by atoms with E-state index in [1.807, 2.05) is 0 Å². The number of allylic oxidation sites excluding steroid dienone is 3. The molecule has 0 aliphatic carbocycles. The zero-order chi connectivity index (χ0) is 15.0. The molecule has 1 unspecified atom stereocenters. The molecule has 0 radical (unpaired) electrons. The molecule has 19 heavy (non-hydrogen) atoms. The van der Waals surface area contributed by atoms with Gasteiger partial charge in [-0.3, -0.25) is 9.59 Å². The van der Waals surface area contributed by atoms with Crippen molar-refractivity contribution >= 4 is 11.9 Å². The smallest absolute Gasteiger partial charge is 0.320 e. The van der Waals surface area contributed by atoms with Crippen LogP contribution in [0.25, 0.3) is 0 Å². The molecule has 0 N–H and O–H groups in total. The molecule has 0 aliphatic heterocycles. The van der Waals surface area contributed by atoms with Crippen molar-refractivity contribution in [3.63, 3.8) is 0 Å². The van der Waals surface area contributed by atoms with E-state index in [0.29, 0.717) is 11.1 Å². The maximum atomic E-state index is 11.9. The minimum Gasteiger partial charge on any atom is -0.465 e. The predicted octanol–water partition coefficient (Wildman–Crippen LogP) is 2.66. The molecule has 0 aromatic carbocycles. The molecular formula is C15H22O4. The van der Waals surface area contributed by atoms with Crippen LogP contribution in [0, 0.1) is 11.8 Å². The van der Waals surface area contributed by atoms with Gasteiger partial charge in [0, 0.05) is 5.92 Å². The molecule has 0 aliphatic rings. The van der Waals surface area contributed by atoms with Gasteiger partial charge < -0.3 is 9.47 Å². The molecule has 0 amide bonds. The van der Waals surface area contributed by atoms with E-state index in [-0.39, 0.29) is 13.2 Å². The Morgan fingerprint density at radius 1 is 1.11 bits per heavy atom. The topological polar surface area (TPSA) is 52.6 Å². The largest absolute Gasteiger partial charge is 0.465 e. The van der Waals surface area contributed by atoms with Gasteiger partial charge in [-0.25, -0.2) is 0 Å². The fraction of sp³-hybridized carbons (Fsp3) is 0.467. The highest BCUT2D eigenvalue weighted by molar-refractivity contribution is 5.95. The number of hydrogen-bond donors (Lipinski definition) is 0. The highest BCUT2D eigenvalue weighted by atomic mass is 16.6. The predicted molar refractivity (Wildman–Crippen MR) is 74.4 cm³/mol. The van der Waals surface area contributed by atoms with Crippen molar-refractivity contribution in [1.82, 2.24) is 0 Å². The Kier molecular flexibility index (Phi) is 7.49. The van der Waals surface area contributed by atoms with E-state index in [0.717, 1.165) is 0 Å². The van der Waals surface area contributed by atoms with E-state index in [4.69, 9.17) is 9.47 Å². The van der Waals surface area contributed by atoms with Gasteiger partial charge in [-0.2, -0.15) is 0 Å². The summed E-state index contributed by atoms with van der Waals surface area (Å²) in [6, 6.07) is 0. The summed E-state index contributed by atoms with van der Waals surface area (Å²) in [5.41, 5.74) is 1.16. The van der Waals surface area contributed by atoms with E-state index < -0.39 is 23.8 Å². The second-order valence-corrected chi connectivity index (χ2v) is 4.03. The van der Waals surface area contributed by atoms with Crippen molar-refractivity contribution in [2.45, 2.75) is 20.8 Å². The van der Waals surface area contributed by atoms with E-state index in [2.05, 4.69) is 19.7 Å². The van der Waals surface area contributed by atoms with E-state index in [1.165, 1.54) is 6.08 Å². The number of carbonyl (C=O) groups is 2. The maximum absolute atomic E-state index is 11.9. The molecule has 0 fully saturated rings. The van der Waals surface area contributed by atoms with Crippen LogP contribution in [0.4, 0.5) is 0 Å². The molecule has 1 atom stereocenters. The number of carbonyl (C=O) groups excluding carboxylic acids is 2. The molecule has 4 nitrogen and oxygen atoms in total. The Bertz CT molecular complexity index is 364. The Morgan fingerprint density at radius 2 is 1.53 bits per heavy atom. The molecule has 4 heteroatoms. The van der Waals surface area contributed by atoms with E-state index >= 15 is 0 Å². The first-order chi connectivity index (χ1) is 8.90. The molecule has 0 rings (SSSR count). The average molecular weight is 266 g/mol. The van der Waals surface area contributed by atoms with Crippen LogP contribution in [0.2, 0.25) is 0 Å². The molecule has 106 valence electrons. The van der Waals surface area contributed by atoms with Crippen molar-refractivity contribution in [2.24, 2.45) is 11.8 Å². The van der Waals surface area contributed by atoms with Crippen molar-refractivity contribution in [1.29, 1.82) is 0 Å². The van der Waals surface area contributed by atoms with Gasteiger partial charge in [0.2, 0.25) is 0 Å². The molecule has 0 saturated heterocycles. The van der Waals surface area contributed by atoms with Gasteiger partial charge in [0.15, 0.2) is 5.92 Å². The van der Waals surface area contributed by atoms with Crippen molar-refractivity contribution < 1.29 is 19.1 Å². The third-order valence-corrected chi connectivity index (χ3v) is 2.79. The lowest BCUT2D eigenvalue weighted by molar-refractivity contribution is -0.163. The first kappa shape index (κ1) is 17.2. The van der Waals surface area contributed by atoms with Gasteiger partial charge in [0.1, 0.15) is 0 Å². The summed E-state index contributed by atoms with van der Waals surface area (Å²) in [5.74, 6) is -2.69. The Hall–Kier alpha value is -1.84. The van der Waals surface area contributed by atoms with Crippen LogP contribution in [0.5, 0.6) is 0 Å². The van der Waals surface area contributed by atoms with Crippen LogP contribution < -0.4 is 0 Å². The third kappa shape index (κ3) is 4.73. The van der Waals surface area contributed by atoms with Crippen LogP contribution in [-0.4, -0.2) is 25.2 Å².